The minimum Gasteiger partial charge on any atom is -0.370 e. The standard InChI is InChI=1S/C8H14N8O3S2/c9-7(10)12-1-2-21(17,18)19-16-3-13-4-5(16)14-8(11)15-6(4)20/h13H,1-3H2,(H4,9,10,12)(H3,11,14,15,20). The third-order valence-electron chi connectivity index (χ3n) is 2.41. The molecule has 0 atom stereocenters. The van der Waals surface area contributed by atoms with Gasteiger partial charge in [0, 0.05) is 0 Å². The summed E-state index contributed by atoms with van der Waals surface area (Å²) in [6.45, 7) is -0.0323. The molecule has 8 N–H and O–H groups in total. The van der Waals surface area contributed by atoms with E-state index in [0.29, 0.717) is 5.69 Å². The molecule has 0 saturated heterocycles. The monoisotopic (exact) mass is 334 g/mol. The first-order chi connectivity index (χ1) is 9.78. The van der Waals surface area contributed by atoms with Crippen LogP contribution in [-0.2, 0) is 14.4 Å². The van der Waals surface area contributed by atoms with Crippen LogP contribution in [0.1, 0.15) is 0 Å². The van der Waals surface area contributed by atoms with Crippen molar-refractivity contribution in [2.24, 2.45) is 16.5 Å². The van der Waals surface area contributed by atoms with Gasteiger partial charge in [0.05, 0.1) is 12.3 Å². The zero-order valence-corrected chi connectivity index (χ0v) is 12.4. The van der Waals surface area contributed by atoms with E-state index in [1.165, 1.54) is 0 Å². The molecule has 0 aliphatic carbocycles. The first-order valence-electron chi connectivity index (χ1n) is 5.67. The number of aromatic amines is 1. The second-order valence-electron chi connectivity index (χ2n) is 4.01. The largest absolute Gasteiger partial charge is 0.370 e. The molecular formula is C8H14N8O3S2. The van der Waals surface area contributed by atoms with Gasteiger partial charge >= 0.3 is 0 Å². The minimum absolute atomic E-state index is 0.0500. The highest BCUT2D eigenvalue weighted by atomic mass is 32.2. The molecule has 116 valence electrons. The zero-order valence-electron chi connectivity index (χ0n) is 10.7. The van der Waals surface area contributed by atoms with Gasteiger partial charge in [0.2, 0.25) is 5.95 Å². The summed E-state index contributed by atoms with van der Waals surface area (Å²) in [6, 6.07) is 0. The molecule has 13 heteroatoms. The smallest absolute Gasteiger partial charge is 0.290 e. The first kappa shape index (κ1) is 15.3. The van der Waals surface area contributed by atoms with E-state index < -0.39 is 10.1 Å². The van der Waals surface area contributed by atoms with Crippen molar-refractivity contribution < 1.29 is 12.7 Å². The normalized spacial score (nSPS) is 13.6. The van der Waals surface area contributed by atoms with E-state index in [0.717, 1.165) is 5.06 Å². The maximum absolute atomic E-state index is 11.8. The molecule has 2 rings (SSSR count). The molecular weight excluding hydrogens is 320 g/mol. The number of guanidine groups is 1. The number of anilines is 3. The van der Waals surface area contributed by atoms with Crippen LogP contribution in [0, 0.1) is 4.64 Å². The number of nitrogens with two attached hydrogens (primary N) is 3. The van der Waals surface area contributed by atoms with Gasteiger partial charge in [0.15, 0.2) is 16.4 Å². The highest BCUT2D eigenvalue weighted by Crippen LogP contribution is 2.30. The minimum atomic E-state index is -3.88. The number of aliphatic imine (C=N–C) groups is 1. The average Bonchev–Trinajstić information content (AvgIpc) is 2.71. The fraction of sp³-hybridized carbons (Fsp3) is 0.375. The Morgan fingerprint density at radius 1 is 1.52 bits per heavy atom. The lowest BCUT2D eigenvalue weighted by Crippen LogP contribution is -2.30. The van der Waals surface area contributed by atoms with Gasteiger partial charge in [-0.1, -0.05) is 12.2 Å². The van der Waals surface area contributed by atoms with Crippen LogP contribution in [0.25, 0.3) is 0 Å². The van der Waals surface area contributed by atoms with Crippen molar-refractivity contribution in [1.82, 2.24) is 9.97 Å². The molecule has 1 aromatic heterocycles. The van der Waals surface area contributed by atoms with E-state index in [4.69, 9.17) is 33.7 Å². The van der Waals surface area contributed by atoms with Gasteiger partial charge in [-0.25, -0.2) is 4.98 Å². The number of nitrogens with one attached hydrogen (secondary N) is 2. The third-order valence-corrected chi connectivity index (χ3v) is 3.79. The first-order valence-corrected chi connectivity index (χ1v) is 7.66. The summed E-state index contributed by atoms with van der Waals surface area (Å²) in [7, 11) is -3.88. The number of nitrogen functional groups attached to an aromatic ring is 1. The topological polar surface area (TPSA) is 178 Å². The number of hydrogen-bond donors (Lipinski definition) is 5. The molecule has 0 fully saturated rings. The number of rotatable bonds is 5. The fourth-order valence-corrected chi connectivity index (χ4v) is 2.64. The van der Waals surface area contributed by atoms with Crippen LogP contribution >= 0.6 is 12.2 Å². The van der Waals surface area contributed by atoms with Gasteiger partial charge < -0.3 is 27.5 Å². The molecule has 0 aromatic carbocycles. The Morgan fingerprint density at radius 2 is 2.24 bits per heavy atom. The molecule has 0 unspecified atom stereocenters. The highest BCUT2D eigenvalue weighted by Gasteiger charge is 2.27. The van der Waals surface area contributed by atoms with Crippen molar-refractivity contribution in [2.75, 3.05) is 35.1 Å². The quantitative estimate of drug-likeness (QED) is 0.240. The summed E-state index contributed by atoms with van der Waals surface area (Å²) in [5, 5.41) is 3.94. The van der Waals surface area contributed by atoms with Crippen LogP contribution in [-0.4, -0.2) is 43.3 Å². The van der Waals surface area contributed by atoms with Crippen LogP contribution < -0.4 is 27.6 Å². The second kappa shape index (κ2) is 5.71. The maximum Gasteiger partial charge on any atom is 0.290 e. The van der Waals surface area contributed by atoms with Gasteiger partial charge in [-0.3, -0.25) is 4.99 Å². The van der Waals surface area contributed by atoms with E-state index in [9.17, 15) is 8.42 Å². The Balaban J connectivity index is 2.13. The zero-order chi connectivity index (χ0) is 15.6. The van der Waals surface area contributed by atoms with E-state index in [2.05, 4.69) is 20.3 Å². The van der Waals surface area contributed by atoms with Crippen LogP contribution in [0.2, 0.25) is 0 Å². The van der Waals surface area contributed by atoms with Crippen molar-refractivity contribution in [1.29, 1.82) is 0 Å². The Bertz CT molecular complexity index is 724. The second-order valence-corrected chi connectivity index (χ2v) is 6.07. The lowest BCUT2D eigenvalue weighted by atomic mass is 10.5. The SMILES string of the molecule is NC(N)=NCCS(=O)(=O)ON1CNc2c1[nH]c(N)nc2=S. The molecule has 0 bridgehead atoms. The average molecular weight is 334 g/mol. The number of hydrogen-bond acceptors (Lipinski definition) is 9. The molecule has 0 radical (unpaired) electrons. The Morgan fingerprint density at radius 3 is 2.90 bits per heavy atom. The molecule has 1 aliphatic rings. The molecule has 0 amide bonds. The van der Waals surface area contributed by atoms with Crippen molar-refractivity contribution in [3.05, 3.63) is 4.64 Å². The van der Waals surface area contributed by atoms with Crippen LogP contribution in [0.15, 0.2) is 4.99 Å². The number of aromatic nitrogens is 2. The fourth-order valence-electron chi connectivity index (χ4n) is 1.58. The molecule has 1 aliphatic heterocycles. The van der Waals surface area contributed by atoms with Gasteiger partial charge in [0.1, 0.15) is 12.4 Å². The molecule has 1 aromatic rings. The van der Waals surface area contributed by atoms with Crippen LogP contribution in [0.3, 0.4) is 0 Å². The van der Waals surface area contributed by atoms with E-state index in [-0.39, 0.29) is 41.3 Å². The molecule has 0 saturated carbocycles. The highest BCUT2D eigenvalue weighted by molar-refractivity contribution is 7.86. The summed E-state index contributed by atoms with van der Waals surface area (Å²) in [6.07, 6.45) is 0. The van der Waals surface area contributed by atoms with Crippen molar-refractivity contribution >= 4 is 45.7 Å². The summed E-state index contributed by atoms with van der Waals surface area (Å²) >= 11 is 5.01. The predicted octanol–water partition coefficient (Wildman–Crippen LogP) is -1.55. The summed E-state index contributed by atoms with van der Waals surface area (Å²) in [5.41, 5.74) is 16.2. The van der Waals surface area contributed by atoms with Crippen molar-refractivity contribution in [3.8, 4) is 0 Å². The summed E-state index contributed by atoms with van der Waals surface area (Å²) in [4.78, 5) is 10.1. The third kappa shape index (κ3) is 3.71. The lowest BCUT2D eigenvalue weighted by molar-refractivity contribution is 0.293. The Kier molecular flexibility index (Phi) is 4.15. The maximum atomic E-state index is 11.8. The Labute approximate surface area is 125 Å². The number of H-pyrrole nitrogens is 1. The van der Waals surface area contributed by atoms with Gasteiger partial charge in [-0.15, -0.1) is 4.28 Å². The lowest BCUT2D eigenvalue weighted by Gasteiger charge is -2.16. The van der Waals surface area contributed by atoms with Crippen molar-refractivity contribution in [2.45, 2.75) is 0 Å². The van der Waals surface area contributed by atoms with Gasteiger partial charge in [-0.2, -0.15) is 13.5 Å². The molecule has 2 heterocycles. The van der Waals surface area contributed by atoms with Crippen molar-refractivity contribution in [3.63, 3.8) is 0 Å². The summed E-state index contributed by atoms with van der Waals surface area (Å²) < 4.78 is 28.8. The van der Waals surface area contributed by atoms with Crippen LogP contribution in [0.4, 0.5) is 17.5 Å². The Hall–Kier alpha value is -2.12. The van der Waals surface area contributed by atoms with E-state index in [1.807, 2.05) is 0 Å². The predicted molar refractivity (Wildman–Crippen MR) is 80.4 cm³/mol. The van der Waals surface area contributed by atoms with Gasteiger partial charge in [-0.05, 0) is 0 Å². The summed E-state index contributed by atoms with van der Waals surface area (Å²) in [5.74, 6) is -0.230. The number of hydroxylamine groups is 1. The van der Waals surface area contributed by atoms with E-state index in [1.54, 1.807) is 0 Å². The molecule has 0 spiro atoms. The van der Waals surface area contributed by atoms with Crippen LogP contribution in [0.5, 0.6) is 0 Å². The molecule has 11 nitrogen and oxygen atoms in total. The number of nitrogens with zero attached hydrogens (tertiary/aromatic N) is 3. The van der Waals surface area contributed by atoms with E-state index >= 15 is 0 Å². The molecule has 21 heavy (non-hydrogen) atoms. The van der Waals surface area contributed by atoms with Gasteiger partial charge in [0.25, 0.3) is 10.1 Å². The number of fused-ring (bicyclic) bond motifs is 1.